The Balaban J connectivity index is 1.81. The fraction of sp³-hybridized carbons (Fsp3) is 0.0952. The lowest BCUT2D eigenvalue weighted by molar-refractivity contribution is 0.0939. The maximum Gasteiger partial charge on any atom is 0.252 e. The summed E-state index contributed by atoms with van der Waals surface area (Å²) in [5.41, 5.74) is 1.96. The number of carbonyl (C=O) groups is 2. The Kier molecular flexibility index (Phi) is 5.98. The molecule has 3 rings (SSSR count). The summed E-state index contributed by atoms with van der Waals surface area (Å²) in [7, 11) is 1.53. The van der Waals surface area contributed by atoms with Crippen molar-refractivity contribution < 1.29 is 14.3 Å². The summed E-state index contributed by atoms with van der Waals surface area (Å²) in [5, 5.41) is 2.83. The molecule has 3 aromatic rings. The first-order chi connectivity index (χ1) is 13.1. The van der Waals surface area contributed by atoms with E-state index in [0.29, 0.717) is 22.6 Å². The Labute approximate surface area is 165 Å². The van der Waals surface area contributed by atoms with E-state index in [2.05, 4.69) is 26.2 Å². The van der Waals surface area contributed by atoms with Gasteiger partial charge in [0.1, 0.15) is 0 Å². The molecule has 0 aliphatic heterocycles. The second-order valence-corrected chi connectivity index (χ2v) is 6.65. The Bertz CT molecular complexity index is 971. The number of aromatic nitrogens is 1. The normalized spacial score (nSPS) is 10.3. The summed E-state index contributed by atoms with van der Waals surface area (Å²) >= 11 is 3.35. The molecule has 0 bridgehead atoms. The van der Waals surface area contributed by atoms with Crippen LogP contribution in [0.3, 0.4) is 0 Å². The van der Waals surface area contributed by atoms with Crippen molar-refractivity contribution >= 4 is 27.6 Å². The molecule has 27 heavy (non-hydrogen) atoms. The smallest absolute Gasteiger partial charge is 0.252 e. The zero-order valence-electron chi connectivity index (χ0n) is 14.6. The van der Waals surface area contributed by atoms with Gasteiger partial charge in [0.2, 0.25) is 5.88 Å². The van der Waals surface area contributed by atoms with Gasteiger partial charge in [0, 0.05) is 33.9 Å². The molecule has 2 aromatic carbocycles. The van der Waals surface area contributed by atoms with Gasteiger partial charge in [0.05, 0.1) is 12.7 Å². The van der Waals surface area contributed by atoms with Gasteiger partial charge in [-0.15, -0.1) is 0 Å². The highest BCUT2D eigenvalue weighted by molar-refractivity contribution is 9.10. The number of pyridine rings is 1. The van der Waals surface area contributed by atoms with Crippen LogP contribution >= 0.6 is 15.9 Å². The average Bonchev–Trinajstić information content (AvgIpc) is 2.72. The van der Waals surface area contributed by atoms with Crippen molar-refractivity contribution in [3.8, 4) is 5.88 Å². The summed E-state index contributed by atoms with van der Waals surface area (Å²) in [6.45, 7) is 0.247. The maximum atomic E-state index is 12.8. The molecule has 0 fully saturated rings. The van der Waals surface area contributed by atoms with Crippen LogP contribution in [0.5, 0.6) is 5.88 Å². The van der Waals surface area contributed by atoms with Gasteiger partial charge >= 0.3 is 0 Å². The van der Waals surface area contributed by atoms with Gasteiger partial charge < -0.3 is 10.1 Å². The number of methoxy groups -OCH3 is 1. The van der Waals surface area contributed by atoms with Gasteiger partial charge in [-0.2, -0.15) is 0 Å². The van der Waals surface area contributed by atoms with Gasteiger partial charge in [-0.25, -0.2) is 4.98 Å². The van der Waals surface area contributed by atoms with Crippen LogP contribution in [-0.4, -0.2) is 23.8 Å². The van der Waals surface area contributed by atoms with E-state index in [1.807, 2.05) is 6.07 Å². The molecular weight excluding hydrogens is 408 g/mol. The van der Waals surface area contributed by atoms with E-state index in [1.165, 1.54) is 7.11 Å². The lowest BCUT2D eigenvalue weighted by Gasteiger charge is -2.11. The molecule has 0 atom stereocenters. The second kappa shape index (κ2) is 8.60. The quantitative estimate of drug-likeness (QED) is 0.606. The van der Waals surface area contributed by atoms with Gasteiger partial charge in [0.15, 0.2) is 5.78 Å². The van der Waals surface area contributed by atoms with Crippen LogP contribution in [0, 0.1) is 0 Å². The molecule has 1 amide bonds. The van der Waals surface area contributed by atoms with Crippen LogP contribution in [0.1, 0.15) is 31.8 Å². The second-order valence-electron chi connectivity index (χ2n) is 5.74. The topological polar surface area (TPSA) is 68.3 Å². The molecular formula is C21H17BrN2O3. The molecule has 6 heteroatoms. The van der Waals surface area contributed by atoms with E-state index in [4.69, 9.17) is 4.74 Å². The number of nitrogens with zero attached hydrogens (tertiary/aromatic N) is 1. The number of benzene rings is 2. The first-order valence-corrected chi connectivity index (χ1v) is 9.05. The van der Waals surface area contributed by atoms with Crippen LogP contribution in [-0.2, 0) is 6.54 Å². The van der Waals surface area contributed by atoms with Crippen LogP contribution < -0.4 is 10.1 Å². The molecule has 136 valence electrons. The van der Waals surface area contributed by atoms with Crippen molar-refractivity contribution in [3.63, 3.8) is 0 Å². The predicted molar refractivity (Wildman–Crippen MR) is 106 cm³/mol. The minimum atomic E-state index is -0.332. The molecule has 0 unspecified atom stereocenters. The first-order valence-electron chi connectivity index (χ1n) is 8.25. The average molecular weight is 425 g/mol. The highest BCUT2D eigenvalue weighted by Gasteiger charge is 2.18. The molecule has 5 nitrogen and oxygen atoms in total. The largest absolute Gasteiger partial charge is 0.481 e. The molecule has 0 aliphatic rings. The van der Waals surface area contributed by atoms with Crippen molar-refractivity contribution in [1.82, 2.24) is 10.3 Å². The Morgan fingerprint density at radius 3 is 2.41 bits per heavy atom. The molecule has 0 aliphatic carbocycles. The van der Waals surface area contributed by atoms with Crippen molar-refractivity contribution in [2.24, 2.45) is 0 Å². The summed E-state index contributed by atoms with van der Waals surface area (Å²) in [6.07, 6.45) is 1.62. The zero-order chi connectivity index (χ0) is 19.2. The summed E-state index contributed by atoms with van der Waals surface area (Å²) in [5.74, 6) is -0.0776. The summed E-state index contributed by atoms with van der Waals surface area (Å²) in [4.78, 5) is 29.6. The molecule has 0 saturated heterocycles. The van der Waals surface area contributed by atoms with Crippen LogP contribution in [0.2, 0.25) is 0 Å². The van der Waals surface area contributed by atoms with Gasteiger partial charge in [-0.3, -0.25) is 9.59 Å². The number of halogens is 1. The number of rotatable bonds is 6. The molecule has 1 aromatic heterocycles. The van der Waals surface area contributed by atoms with E-state index < -0.39 is 0 Å². The van der Waals surface area contributed by atoms with Crippen molar-refractivity contribution in [2.45, 2.75) is 6.54 Å². The van der Waals surface area contributed by atoms with E-state index in [0.717, 1.165) is 10.0 Å². The van der Waals surface area contributed by atoms with Crippen LogP contribution in [0.4, 0.5) is 0 Å². The minimum Gasteiger partial charge on any atom is -0.481 e. The Morgan fingerprint density at radius 1 is 1.00 bits per heavy atom. The highest BCUT2D eigenvalue weighted by Crippen LogP contribution is 2.18. The van der Waals surface area contributed by atoms with Crippen LogP contribution in [0.15, 0.2) is 71.3 Å². The molecule has 1 heterocycles. The van der Waals surface area contributed by atoms with E-state index >= 15 is 0 Å². The number of ketones is 1. The van der Waals surface area contributed by atoms with Crippen molar-refractivity contribution in [3.05, 3.63) is 93.6 Å². The Hall–Kier alpha value is -2.99. The predicted octanol–water partition coefficient (Wildman–Crippen LogP) is 4.01. The summed E-state index contributed by atoms with van der Waals surface area (Å²) < 4.78 is 6.08. The third-order valence-corrected chi connectivity index (χ3v) is 4.53. The molecule has 0 spiro atoms. The van der Waals surface area contributed by atoms with Gasteiger partial charge in [0.25, 0.3) is 5.91 Å². The maximum absolute atomic E-state index is 12.8. The van der Waals surface area contributed by atoms with Gasteiger partial charge in [-0.05, 0) is 36.4 Å². The van der Waals surface area contributed by atoms with Crippen LogP contribution in [0.25, 0.3) is 0 Å². The highest BCUT2D eigenvalue weighted by atomic mass is 79.9. The number of carbonyl (C=O) groups excluding carboxylic acids is 2. The fourth-order valence-corrected chi connectivity index (χ4v) is 2.91. The van der Waals surface area contributed by atoms with E-state index in [1.54, 1.807) is 60.8 Å². The Morgan fingerprint density at radius 2 is 1.70 bits per heavy atom. The van der Waals surface area contributed by atoms with Gasteiger partial charge in [-0.1, -0.05) is 40.2 Å². The SMILES string of the molecule is COc1ncccc1CNC(=O)c1ccccc1C(=O)c1ccc(Br)cc1. The first kappa shape index (κ1) is 18.8. The van der Waals surface area contributed by atoms with E-state index in [-0.39, 0.29) is 18.2 Å². The number of hydrogen-bond acceptors (Lipinski definition) is 4. The minimum absolute atomic E-state index is 0.202. The molecule has 1 N–H and O–H groups in total. The number of amides is 1. The standard InChI is InChI=1S/C21H17BrN2O3/c1-27-21-15(5-4-12-23-21)13-24-20(26)18-7-3-2-6-17(18)19(25)14-8-10-16(22)11-9-14/h2-12H,13H2,1H3,(H,24,26). The van der Waals surface area contributed by atoms with E-state index in [9.17, 15) is 9.59 Å². The third kappa shape index (κ3) is 4.41. The third-order valence-electron chi connectivity index (χ3n) is 4.01. The lowest BCUT2D eigenvalue weighted by Crippen LogP contribution is -2.25. The number of nitrogens with one attached hydrogen (secondary N) is 1. The fourth-order valence-electron chi connectivity index (χ4n) is 2.65. The number of ether oxygens (including phenoxy) is 1. The number of hydrogen-bond donors (Lipinski definition) is 1. The lowest BCUT2D eigenvalue weighted by atomic mass is 9.98. The van der Waals surface area contributed by atoms with Crippen molar-refractivity contribution in [2.75, 3.05) is 7.11 Å². The summed E-state index contributed by atoms with van der Waals surface area (Å²) in [6, 6.07) is 17.4. The molecule has 0 radical (unpaired) electrons. The zero-order valence-corrected chi connectivity index (χ0v) is 16.2. The monoisotopic (exact) mass is 424 g/mol. The molecule has 0 saturated carbocycles. The van der Waals surface area contributed by atoms with Crippen molar-refractivity contribution in [1.29, 1.82) is 0 Å².